The van der Waals surface area contributed by atoms with Crippen LogP contribution in [0.5, 0.6) is 0 Å². The van der Waals surface area contributed by atoms with Crippen molar-refractivity contribution in [2.45, 2.75) is 32.7 Å². The molecule has 0 aliphatic carbocycles. The molecule has 116 valence electrons. The van der Waals surface area contributed by atoms with Crippen molar-refractivity contribution < 1.29 is 17.4 Å². The zero-order valence-corrected chi connectivity index (χ0v) is 14.6. The van der Waals surface area contributed by atoms with Gasteiger partial charge in [-0.3, -0.25) is 8.98 Å². The number of nitrogens with zero attached hydrogens (tertiary/aromatic N) is 1. The molecule has 21 heavy (non-hydrogen) atoms. The van der Waals surface area contributed by atoms with E-state index in [-0.39, 0.29) is 18.6 Å². The number of rotatable bonds is 4. The molecule has 2 rings (SSSR count). The highest BCUT2D eigenvalue weighted by Crippen LogP contribution is 2.32. The molecule has 1 saturated heterocycles. The van der Waals surface area contributed by atoms with Crippen molar-refractivity contribution in [1.29, 1.82) is 0 Å². The van der Waals surface area contributed by atoms with Crippen molar-refractivity contribution in [3.05, 3.63) is 27.7 Å². The zero-order valence-electron chi connectivity index (χ0n) is 12.2. The summed E-state index contributed by atoms with van der Waals surface area (Å²) in [5.74, 6) is -0.00164. The lowest BCUT2D eigenvalue weighted by Gasteiger charge is -2.25. The Bertz CT molecular complexity index is 649. The second-order valence-corrected chi connectivity index (χ2v) is 7.78. The summed E-state index contributed by atoms with van der Waals surface area (Å²) in [5.41, 5.74) is 2.86. The van der Waals surface area contributed by atoms with Crippen LogP contribution in [-0.2, 0) is 19.1 Å². The molecule has 0 bridgehead atoms. The fourth-order valence-corrected chi connectivity index (χ4v) is 3.15. The number of amides is 1. The van der Waals surface area contributed by atoms with Gasteiger partial charge in [0.15, 0.2) is 0 Å². The lowest BCUT2D eigenvalue weighted by molar-refractivity contribution is -0.117. The Morgan fingerprint density at radius 3 is 2.43 bits per heavy atom. The van der Waals surface area contributed by atoms with E-state index in [9.17, 15) is 13.2 Å². The van der Waals surface area contributed by atoms with Crippen LogP contribution in [0.15, 0.2) is 16.6 Å². The van der Waals surface area contributed by atoms with Gasteiger partial charge in [0.25, 0.3) is 10.1 Å². The van der Waals surface area contributed by atoms with E-state index in [4.69, 9.17) is 4.18 Å². The summed E-state index contributed by atoms with van der Waals surface area (Å²) in [5, 5.41) is 0. The van der Waals surface area contributed by atoms with Crippen molar-refractivity contribution in [3.63, 3.8) is 0 Å². The van der Waals surface area contributed by atoms with Crippen molar-refractivity contribution in [2.24, 2.45) is 0 Å². The van der Waals surface area contributed by atoms with E-state index in [0.717, 1.165) is 27.5 Å². The fraction of sp³-hybridized carbons (Fsp3) is 0.500. The molecule has 0 saturated carbocycles. The van der Waals surface area contributed by atoms with Crippen LogP contribution in [-0.4, -0.2) is 33.2 Å². The summed E-state index contributed by atoms with van der Waals surface area (Å²) in [4.78, 5) is 13.8. The largest absolute Gasteiger partial charge is 0.307 e. The highest BCUT2D eigenvalue weighted by atomic mass is 79.9. The van der Waals surface area contributed by atoms with Gasteiger partial charge in [0.2, 0.25) is 5.91 Å². The van der Waals surface area contributed by atoms with Gasteiger partial charge in [0, 0.05) is 16.6 Å². The summed E-state index contributed by atoms with van der Waals surface area (Å²) in [6.07, 6.45) is 2.02. The van der Waals surface area contributed by atoms with E-state index >= 15 is 0 Å². The first-order valence-electron chi connectivity index (χ1n) is 6.62. The number of hydrogen-bond donors (Lipinski definition) is 0. The van der Waals surface area contributed by atoms with Gasteiger partial charge in [-0.05, 0) is 43.5 Å². The third-order valence-electron chi connectivity index (χ3n) is 3.50. The highest BCUT2D eigenvalue weighted by Gasteiger charge is 2.33. The quantitative estimate of drug-likeness (QED) is 0.758. The summed E-state index contributed by atoms with van der Waals surface area (Å²) in [6, 6.07) is 3.61. The van der Waals surface area contributed by atoms with E-state index in [1.54, 1.807) is 4.90 Å². The molecule has 1 atom stereocenters. The predicted molar refractivity (Wildman–Crippen MR) is 84.9 cm³/mol. The molecule has 1 fully saturated rings. The number of carbonyl (C=O) groups is 1. The molecular formula is C14H18BrNO4S. The number of halogens is 1. The number of aryl methyl sites for hydroxylation is 2. The maximum Gasteiger partial charge on any atom is 0.264 e. The van der Waals surface area contributed by atoms with Crippen molar-refractivity contribution in [2.75, 3.05) is 17.8 Å². The van der Waals surface area contributed by atoms with Crippen LogP contribution in [0.25, 0.3) is 0 Å². The molecule has 5 nitrogen and oxygen atoms in total. The Balaban J connectivity index is 2.28. The smallest absolute Gasteiger partial charge is 0.264 e. The minimum Gasteiger partial charge on any atom is -0.307 e. The summed E-state index contributed by atoms with van der Waals surface area (Å²) in [6.45, 7) is 3.92. The topological polar surface area (TPSA) is 63.7 Å². The van der Waals surface area contributed by atoms with E-state index in [1.807, 2.05) is 26.0 Å². The van der Waals surface area contributed by atoms with Crippen LogP contribution in [0.1, 0.15) is 24.0 Å². The van der Waals surface area contributed by atoms with Crippen molar-refractivity contribution >= 4 is 37.6 Å². The Morgan fingerprint density at radius 2 is 1.90 bits per heavy atom. The Morgan fingerprint density at radius 1 is 1.33 bits per heavy atom. The van der Waals surface area contributed by atoms with Crippen LogP contribution < -0.4 is 4.90 Å². The van der Waals surface area contributed by atoms with Crippen LogP contribution in [0.3, 0.4) is 0 Å². The first kappa shape index (κ1) is 16.5. The second-order valence-electron chi connectivity index (χ2n) is 5.34. The van der Waals surface area contributed by atoms with Gasteiger partial charge in [-0.2, -0.15) is 8.42 Å². The van der Waals surface area contributed by atoms with E-state index in [1.165, 1.54) is 0 Å². The molecule has 0 N–H and O–H groups in total. The number of anilines is 1. The maximum atomic E-state index is 12.1. The van der Waals surface area contributed by atoms with Crippen molar-refractivity contribution in [3.8, 4) is 0 Å². The van der Waals surface area contributed by atoms with Gasteiger partial charge in [0.05, 0.1) is 18.9 Å². The molecule has 7 heteroatoms. The number of hydrogen-bond acceptors (Lipinski definition) is 4. The molecule has 1 aromatic carbocycles. The van der Waals surface area contributed by atoms with Gasteiger partial charge in [-0.15, -0.1) is 0 Å². The van der Waals surface area contributed by atoms with Gasteiger partial charge >= 0.3 is 0 Å². The van der Waals surface area contributed by atoms with Crippen LogP contribution >= 0.6 is 15.9 Å². The average Bonchev–Trinajstić information content (AvgIpc) is 2.73. The van der Waals surface area contributed by atoms with Crippen LogP contribution in [0.4, 0.5) is 5.69 Å². The highest BCUT2D eigenvalue weighted by molar-refractivity contribution is 9.10. The van der Waals surface area contributed by atoms with E-state index in [0.29, 0.717) is 12.8 Å². The normalized spacial score (nSPS) is 19.3. The first-order valence-corrected chi connectivity index (χ1v) is 9.23. The number of benzene rings is 1. The lowest BCUT2D eigenvalue weighted by atomic mass is 10.1. The lowest BCUT2D eigenvalue weighted by Crippen LogP contribution is -2.36. The molecule has 0 aromatic heterocycles. The van der Waals surface area contributed by atoms with Gasteiger partial charge in [-0.25, -0.2) is 0 Å². The fourth-order valence-electron chi connectivity index (χ4n) is 2.52. The predicted octanol–water partition coefficient (Wildman–Crippen LogP) is 2.54. The molecule has 0 unspecified atom stereocenters. The van der Waals surface area contributed by atoms with Crippen LogP contribution in [0, 0.1) is 13.8 Å². The first-order chi connectivity index (χ1) is 9.69. The summed E-state index contributed by atoms with van der Waals surface area (Å²) in [7, 11) is -3.50. The molecule has 1 aliphatic heterocycles. The van der Waals surface area contributed by atoms with Gasteiger partial charge < -0.3 is 4.90 Å². The Labute approximate surface area is 133 Å². The summed E-state index contributed by atoms with van der Waals surface area (Å²) < 4.78 is 28.1. The summed E-state index contributed by atoms with van der Waals surface area (Å²) >= 11 is 3.50. The second kappa shape index (κ2) is 6.06. The Hall–Kier alpha value is -0.920. The molecule has 1 aromatic rings. The van der Waals surface area contributed by atoms with E-state index in [2.05, 4.69) is 15.9 Å². The number of carbonyl (C=O) groups excluding carboxylic acids is 1. The molecular weight excluding hydrogens is 358 g/mol. The molecule has 0 spiro atoms. The molecule has 1 amide bonds. The maximum absolute atomic E-state index is 12.1. The van der Waals surface area contributed by atoms with Gasteiger partial charge in [0.1, 0.15) is 0 Å². The van der Waals surface area contributed by atoms with Gasteiger partial charge in [-0.1, -0.05) is 15.9 Å². The standard InChI is InChI=1S/C14H18BrNO4S/c1-9-6-12(7-10(2)14(9)15)16-11(4-5-13(16)17)8-20-21(3,18)19/h6-7,11H,4-5,8H2,1-3H3/t11-/m1/s1. The monoisotopic (exact) mass is 375 g/mol. The van der Waals surface area contributed by atoms with E-state index < -0.39 is 10.1 Å². The molecule has 0 radical (unpaired) electrons. The third-order valence-corrected chi connectivity index (χ3v) is 5.31. The zero-order chi connectivity index (χ0) is 15.8. The van der Waals surface area contributed by atoms with Crippen LogP contribution in [0.2, 0.25) is 0 Å². The molecule has 1 heterocycles. The Kier molecular flexibility index (Phi) is 4.75. The SMILES string of the molecule is Cc1cc(N2C(=O)CC[C@@H]2COS(C)(=O)=O)cc(C)c1Br. The van der Waals surface area contributed by atoms with Crippen molar-refractivity contribution in [1.82, 2.24) is 0 Å². The molecule has 1 aliphatic rings. The third kappa shape index (κ3) is 3.84. The minimum absolute atomic E-state index is 0.00126. The average molecular weight is 376 g/mol. The minimum atomic E-state index is -3.50.